The summed E-state index contributed by atoms with van der Waals surface area (Å²) in [5.74, 6) is 1.65. The Labute approximate surface area is 120 Å². The minimum Gasteiger partial charge on any atom is -0.320 e. The molecule has 1 aliphatic rings. The van der Waals surface area contributed by atoms with Crippen LogP contribution in [0.5, 0.6) is 0 Å². The highest BCUT2D eigenvalue weighted by Gasteiger charge is 2.19. The van der Waals surface area contributed by atoms with Crippen LogP contribution in [0.1, 0.15) is 37.7 Å². The summed E-state index contributed by atoms with van der Waals surface area (Å²) in [5.41, 5.74) is 0.850. The molecule has 0 bridgehead atoms. The van der Waals surface area contributed by atoms with Gasteiger partial charge in [-0.25, -0.2) is 4.98 Å². The topological polar surface area (TPSA) is 61.0 Å². The second-order valence-corrected chi connectivity index (χ2v) is 5.65. The molecule has 5 nitrogen and oxygen atoms in total. The Kier molecular flexibility index (Phi) is 5.73. The maximum atomic E-state index is 11.6. The lowest BCUT2D eigenvalue weighted by atomic mass is 9.93. The number of nitrogens with zero attached hydrogens (tertiary/aromatic N) is 2. The number of aromatic nitrogens is 2. The Morgan fingerprint density at radius 1 is 1.45 bits per heavy atom. The van der Waals surface area contributed by atoms with Gasteiger partial charge in [-0.2, -0.15) is 0 Å². The Hall–Kier alpha value is -1.20. The summed E-state index contributed by atoms with van der Waals surface area (Å²) in [4.78, 5) is 21.3. The molecule has 0 radical (unpaired) electrons. The standard InChI is InChI=1S/C15H26N4O/c1-3-13-10-15(20)18-14(17-13)11-19-8-5-12(6-9-19)4-7-16-2/h10,12,16H,3-9,11H2,1-2H3,(H,17,18,20). The summed E-state index contributed by atoms with van der Waals surface area (Å²) in [6.45, 7) is 6.11. The van der Waals surface area contributed by atoms with Crippen LogP contribution in [0.25, 0.3) is 0 Å². The van der Waals surface area contributed by atoms with Crippen LogP contribution in [0.2, 0.25) is 0 Å². The van der Waals surface area contributed by atoms with Crippen LogP contribution in [-0.2, 0) is 13.0 Å². The van der Waals surface area contributed by atoms with Gasteiger partial charge in [0.1, 0.15) is 5.82 Å². The van der Waals surface area contributed by atoms with Crippen LogP contribution in [0.4, 0.5) is 0 Å². The highest BCUT2D eigenvalue weighted by atomic mass is 16.1. The van der Waals surface area contributed by atoms with Crippen molar-refractivity contribution in [2.75, 3.05) is 26.7 Å². The first kappa shape index (κ1) is 15.2. The van der Waals surface area contributed by atoms with E-state index >= 15 is 0 Å². The maximum absolute atomic E-state index is 11.6. The number of hydrogen-bond acceptors (Lipinski definition) is 4. The molecule has 2 N–H and O–H groups in total. The Morgan fingerprint density at radius 2 is 2.20 bits per heavy atom. The number of H-pyrrole nitrogens is 1. The van der Waals surface area contributed by atoms with E-state index in [0.717, 1.165) is 50.0 Å². The molecule has 0 aliphatic carbocycles. The van der Waals surface area contributed by atoms with Crippen LogP contribution in [0.15, 0.2) is 10.9 Å². The second-order valence-electron chi connectivity index (χ2n) is 5.65. The van der Waals surface area contributed by atoms with E-state index in [-0.39, 0.29) is 5.56 Å². The van der Waals surface area contributed by atoms with E-state index in [1.165, 1.54) is 19.3 Å². The molecule has 20 heavy (non-hydrogen) atoms. The average Bonchev–Trinajstić information content (AvgIpc) is 2.46. The molecule has 112 valence electrons. The van der Waals surface area contributed by atoms with Gasteiger partial charge in [-0.05, 0) is 58.3 Å². The van der Waals surface area contributed by atoms with Crippen molar-refractivity contribution >= 4 is 0 Å². The first-order valence-corrected chi connectivity index (χ1v) is 7.67. The number of aromatic amines is 1. The van der Waals surface area contributed by atoms with Gasteiger partial charge in [-0.1, -0.05) is 6.92 Å². The summed E-state index contributed by atoms with van der Waals surface area (Å²) < 4.78 is 0. The zero-order valence-electron chi connectivity index (χ0n) is 12.6. The molecule has 0 amide bonds. The quantitative estimate of drug-likeness (QED) is 0.819. The molecule has 5 heteroatoms. The smallest absolute Gasteiger partial charge is 0.251 e. The second kappa shape index (κ2) is 7.55. The summed E-state index contributed by atoms with van der Waals surface area (Å²) in [7, 11) is 2.01. The molecule has 0 saturated carbocycles. The fourth-order valence-corrected chi connectivity index (χ4v) is 2.81. The maximum Gasteiger partial charge on any atom is 0.251 e. The van der Waals surface area contributed by atoms with E-state index < -0.39 is 0 Å². The van der Waals surface area contributed by atoms with Crippen molar-refractivity contribution in [1.82, 2.24) is 20.2 Å². The molecule has 1 saturated heterocycles. The minimum atomic E-state index is -0.0317. The third-order valence-corrected chi connectivity index (χ3v) is 4.09. The first-order chi connectivity index (χ1) is 9.71. The van der Waals surface area contributed by atoms with Gasteiger partial charge in [0.25, 0.3) is 5.56 Å². The van der Waals surface area contributed by atoms with Crippen molar-refractivity contribution in [2.45, 2.75) is 39.2 Å². The van der Waals surface area contributed by atoms with Crippen molar-refractivity contribution in [2.24, 2.45) is 5.92 Å². The number of nitrogens with one attached hydrogen (secondary N) is 2. The van der Waals surface area contributed by atoms with E-state index in [2.05, 4.69) is 20.2 Å². The third-order valence-electron chi connectivity index (χ3n) is 4.09. The predicted molar refractivity (Wildman–Crippen MR) is 80.8 cm³/mol. The van der Waals surface area contributed by atoms with E-state index in [1.807, 2.05) is 14.0 Å². The van der Waals surface area contributed by atoms with E-state index in [9.17, 15) is 4.79 Å². The lowest BCUT2D eigenvalue weighted by Crippen LogP contribution is -2.35. The van der Waals surface area contributed by atoms with Crippen LogP contribution < -0.4 is 10.9 Å². The SMILES string of the molecule is CCc1cc(=O)[nH]c(CN2CCC(CCNC)CC2)n1. The van der Waals surface area contributed by atoms with Crippen molar-refractivity contribution in [3.05, 3.63) is 27.9 Å². The Bertz CT molecular complexity index is 463. The summed E-state index contributed by atoms with van der Waals surface area (Å²) in [6, 6.07) is 1.59. The lowest BCUT2D eigenvalue weighted by Gasteiger charge is -2.31. The molecule has 0 unspecified atom stereocenters. The van der Waals surface area contributed by atoms with Gasteiger partial charge in [0.05, 0.1) is 6.54 Å². The number of piperidine rings is 1. The number of hydrogen-bond donors (Lipinski definition) is 2. The predicted octanol–water partition coefficient (Wildman–Crippen LogP) is 1.15. The van der Waals surface area contributed by atoms with E-state index in [0.29, 0.717) is 0 Å². The van der Waals surface area contributed by atoms with Crippen molar-refractivity contribution in [3.8, 4) is 0 Å². The van der Waals surface area contributed by atoms with Gasteiger partial charge in [-0.15, -0.1) is 0 Å². The van der Waals surface area contributed by atoms with E-state index in [1.54, 1.807) is 6.07 Å². The molecule has 1 aromatic heterocycles. The number of likely N-dealkylation sites (tertiary alicyclic amines) is 1. The van der Waals surface area contributed by atoms with Crippen LogP contribution >= 0.6 is 0 Å². The van der Waals surface area contributed by atoms with Gasteiger partial charge in [0, 0.05) is 11.8 Å². The lowest BCUT2D eigenvalue weighted by molar-refractivity contribution is 0.168. The Balaban J connectivity index is 1.86. The average molecular weight is 278 g/mol. The van der Waals surface area contributed by atoms with E-state index in [4.69, 9.17) is 0 Å². The molecule has 1 aromatic rings. The molecule has 0 atom stereocenters. The zero-order chi connectivity index (χ0) is 14.4. The van der Waals surface area contributed by atoms with Crippen molar-refractivity contribution in [1.29, 1.82) is 0 Å². The van der Waals surface area contributed by atoms with Gasteiger partial charge >= 0.3 is 0 Å². The van der Waals surface area contributed by atoms with Crippen molar-refractivity contribution in [3.63, 3.8) is 0 Å². The fraction of sp³-hybridized carbons (Fsp3) is 0.733. The van der Waals surface area contributed by atoms with Crippen molar-refractivity contribution < 1.29 is 0 Å². The normalized spacial score (nSPS) is 17.5. The van der Waals surface area contributed by atoms with Crippen LogP contribution in [0, 0.1) is 5.92 Å². The highest BCUT2D eigenvalue weighted by molar-refractivity contribution is 5.02. The molecule has 1 fully saturated rings. The zero-order valence-corrected chi connectivity index (χ0v) is 12.6. The molecule has 2 heterocycles. The monoisotopic (exact) mass is 278 g/mol. The summed E-state index contributed by atoms with van der Waals surface area (Å²) >= 11 is 0. The summed E-state index contributed by atoms with van der Waals surface area (Å²) in [6.07, 6.45) is 4.58. The number of aryl methyl sites for hydroxylation is 1. The highest BCUT2D eigenvalue weighted by Crippen LogP contribution is 2.20. The van der Waals surface area contributed by atoms with Crippen LogP contribution in [0.3, 0.4) is 0 Å². The van der Waals surface area contributed by atoms with Gasteiger partial charge < -0.3 is 10.3 Å². The molecular weight excluding hydrogens is 252 g/mol. The first-order valence-electron chi connectivity index (χ1n) is 7.67. The number of rotatable bonds is 6. The molecule has 0 spiro atoms. The van der Waals surface area contributed by atoms with Gasteiger partial charge in [0.2, 0.25) is 0 Å². The Morgan fingerprint density at radius 3 is 2.85 bits per heavy atom. The molecule has 1 aliphatic heterocycles. The molecular formula is C15H26N4O. The van der Waals surface area contributed by atoms with Gasteiger partial charge in [-0.3, -0.25) is 9.69 Å². The molecule has 2 rings (SSSR count). The fourth-order valence-electron chi connectivity index (χ4n) is 2.81. The van der Waals surface area contributed by atoms with Crippen LogP contribution in [-0.4, -0.2) is 41.5 Å². The summed E-state index contributed by atoms with van der Waals surface area (Å²) in [5, 5.41) is 3.22. The third kappa shape index (κ3) is 4.42. The van der Waals surface area contributed by atoms with Gasteiger partial charge in [0.15, 0.2) is 0 Å². The minimum absolute atomic E-state index is 0.0317. The molecule has 0 aromatic carbocycles. The largest absolute Gasteiger partial charge is 0.320 e.